The quantitative estimate of drug-likeness (QED) is 0.746. The van der Waals surface area contributed by atoms with Crippen molar-refractivity contribution < 1.29 is 0 Å². The molecule has 21 heavy (non-hydrogen) atoms. The normalized spacial score (nSPS) is 19.3. The highest BCUT2D eigenvalue weighted by molar-refractivity contribution is 5.82. The van der Waals surface area contributed by atoms with Crippen molar-refractivity contribution in [2.75, 3.05) is 6.54 Å². The van der Waals surface area contributed by atoms with Crippen LogP contribution in [0.5, 0.6) is 0 Å². The van der Waals surface area contributed by atoms with Crippen LogP contribution in [0.1, 0.15) is 30.0 Å². The van der Waals surface area contributed by atoms with Gasteiger partial charge in [0.05, 0.1) is 0 Å². The molecule has 0 bridgehead atoms. The molecule has 3 aromatic rings. The Morgan fingerprint density at radius 1 is 1.00 bits per heavy atom. The fraction of sp³-hybridized carbons (Fsp3) is 0.263. The monoisotopic (exact) mass is 276 g/mol. The average Bonchev–Trinajstić information content (AvgIpc) is 3.16. The van der Waals surface area contributed by atoms with E-state index in [1.165, 1.54) is 41.4 Å². The fourth-order valence-electron chi connectivity index (χ4n) is 3.55. The molecule has 1 N–H and O–H groups in total. The lowest BCUT2D eigenvalue weighted by Gasteiger charge is -2.24. The third kappa shape index (κ3) is 2.36. The number of para-hydroxylation sites is 1. The summed E-state index contributed by atoms with van der Waals surface area (Å²) in [5, 5.41) is 1.36. The SMILES string of the molecule is c1ccc(C2CCCN2Cc2c[nH]c3ccccc23)cc1. The molecule has 1 aromatic heterocycles. The molecule has 0 saturated carbocycles. The zero-order valence-corrected chi connectivity index (χ0v) is 12.1. The summed E-state index contributed by atoms with van der Waals surface area (Å²) >= 11 is 0. The van der Waals surface area contributed by atoms with Crippen LogP contribution in [0.4, 0.5) is 0 Å². The number of benzene rings is 2. The molecule has 0 amide bonds. The number of H-pyrrole nitrogens is 1. The molecule has 1 fully saturated rings. The Morgan fingerprint density at radius 2 is 1.81 bits per heavy atom. The molecule has 2 nitrogen and oxygen atoms in total. The smallest absolute Gasteiger partial charge is 0.0457 e. The Hall–Kier alpha value is -2.06. The summed E-state index contributed by atoms with van der Waals surface area (Å²) in [4.78, 5) is 6.01. The number of nitrogens with one attached hydrogen (secondary N) is 1. The van der Waals surface area contributed by atoms with Crippen molar-refractivity contribution in [2.45, 2.75) is 25.4 Å². The molecular weight excluding hydrogens is 256 g/mol. The number of aromatic amines is 1. The lowest BCUT2D eigenvalue weighted by atomic mass is 10.0. The first-order chi connectivity index (χ1) is 10.4. The molecular formula is C19H20N2. The third-order valence-electron chi connectivity index (χ3n) is 4.60. The van der Waals surface area contributed by atoms with E-state index in [9.17, 15) is 0 Å². The van der Waals surface area contributed by atoms with Gasteiger partial charge in [-0.3, -0.25) is 4.90 Å². The van der Waals surface area contributed by atoms with Gasteiger partial charge in [-0.15, -0.1) is 0 Å². The highest BCUT2D eigenvalue weighted by Crippen LogP contribution is 2.34. The number of nitrogens with zero attached hydrogens (tertiary/aromatic N) is 1. The van der Waals surface area contributed by atoms with Crippen molar-refractivity contribution >= 4 is 10.9 Å². The number of aromatic nitrogens is 1. The largest absolute Gasteiger partial charge is 0.361 e. The Balaban J connectivity index is 1.61. The molecule has 1 unspecified atom stereocenters. The standard InChI is InChI=1S/C19H20N2/c1-2-7-15(8-3-1)19-11-6-12-21(19)14-16-13-20-18-10-5-4-9-17(16)18/h1-5,7-10,13,19-20H,6,11-12,14H2. The highest BCUT2D eigenvalue weighted by atomic mass is 15.2. The van der Waals surface area contributed by atoms with E-state index in [-0.39, 0.29) is 0 Å². The second kappa shape index (κ2) is 5.38. The zero-order valence-electron chi connectivity index (χ0n) is 12.1. The van der Waals surface area contributed by atoms with Crippen molar-refractivity contribution in [3.8, 4) is 0 Å². The molecule has 0 aliphatic carbocycles. The predicted octanol–water partition coefficient (Wildman–Crippen LogP) is 4.51. The van der Waals surface area contributed by atoms with E-state index in [0.29, 0.717) is 6.04 Å². The van der Waals surface area contributed by atoms with Crippen LogP contribution in [0, 0.1) is 0 Å². The number of likely N-dealkylation sites (tertiary alicyclic amines) is 1. The molecule has 106 valence electrons. The van der Waals surface area contributed by atoms with Gasteiger partial charge in [0.15, 0.2) is 0 Å². The van der Waals surface area contributed by atoms with Gasteiger partial charge in [-0.1, -0.05) is 48.5 Å². The van der Waals surface area contributed by atoms with Gasteiger partial charge in [0.1, 0.15) is 0 Å². The molecule has 4 rings (SSSR count). The Labute approximate surface area is 125 Å². The first-order valence-corrected chi connectivity index (χ1v) is 7.76. The van der Waals surface area contributed by atoms with E-state index in [2.05, 4.69) is 70.7 Å². The molecule has 2 heterocycles. The Bertz CT molecular complexity index is 729. The van der Waals surface area contributed by atoms with Gasteiger partial charge >= 0.3 is 0 Å². The van der Waals surface area contributed by atoms with Crippen molar-refractivity contribution in [3.63, 3.8) is 0 Å². The molecule has 0 spiro atoms. The van der Waals surface area contributed by atoms with Crippen molar-refractivity contribution in [1.29, 1.82) is 0 Å². The second-order valence-corrected chi connectivity index (χ2v) is 5.90. The molecule has 2 heteroatoms. The summed E-state index contributed by atoms with van der Waals surface area (Å²) in [6, 6.07) is 20.1. The molecule has 1 atom stereocenters. The predicted molar refractivity (Wildman–Crippen MR) is 87.1 cm³/mol. The van der Waals surface area contributed by atoms with Crippen LogP contribution in [0.3, 0.4) is 0 Å². The van der Waals surface area contributed by atoms with E-state index in [4.69, 9.17) is 0 Å². The van der Waals surface area contributed by atoms with Gasteiger partial charge in [-0.25, -0.2) is 0 Å². The average molecular weight is 276 g/mol. The lowest BCUT2D eigenvalue weighted by Crippen LogP contribution is -2.22. The highest BCUT2D eigenvalue weighted by Gasteiger charge is 2.26. The minimum absolute atomic E-state index is 0.569. The van der Waals surface area contributed by atoms with E-state index in [1.807, 2.05) is 0 Å². The topological polar surface area (TPSA) is 19.0 Å². The number of hydrogen-bond donors (Lipinski definition) is 1. The van der Waals surface area contributed by atoms with Gasteiger partial charge in [0, 0.05) is 29.7 Å². The summed E-state index contributed by atoms with van der Waals surface area (Å²) in [5.41, 5.74) is 4.10. The zero-order chi connectivity index (χ0) is 14.1. The number of rotatable bonds is 3. The molecule has 2 aromatic carbocycles. The van der Waals surface area contributed by atoms with Crippen LogP contribution in [-0.4, -0.2) is 16.4 Å². The van der Waals surface area contributed by atoms with E-state index in [1.54, 1.807) is 0 Å². The second-order valence-electron chi connectivity index (χ2n) is 5.90. The fourth-order valence-corrected chi connectivity index (χ4v) is 3.55. The van der Waals surface area contributed by atoms with Gasteiger partial charge in [0.25, 0.3) is 0 Å². The first-order valence-electron chi connectivity index (χ1n) is 7.76. The maximum Gasteiger partial charge on any atom is 0.0457 e. The van der Waals surface area contributed by atoms with Crippen molar-refractivity contribution in [1.82, 2.24) is 9.88 Å². The summed E-state index contributed by atoms with van der Waals surface area (Å²) in [5.74, 6) is 0. The van der Waals surface area contributed by atoms with Crippen LogP contribution in [0.25, 0.3) is 10.9 Å². The maximum absolute atomic E-state index is 3.39. The van der Waals surface area contributed by atoms with E-state index in [0.717, 1.165) is 6.54 Å². The van der Waals surface area contributed by atoms with Crippen molar-refractivity contribution in [3.05, 3.63) is 71.9 Å². The Kier molecular flexibility index (Phi) is 3.24. The van der Waals surface area contributed by atoms with Gasteiger partial charge in [-0.2, -0.15) is 0 Å². The first kappa shape index (κ1) is 12.7. The minimum Gasteiger partial charge on any atom is -0.361 e. The molecule has 1 saturated heterocycles. The van der Waals surface area contributed by atoms with Crippen molar-refractivity contribution in [2.24, 2.45) is 0 Å². The summed E-state index contributed by atoms with van der Waals surface area (Å²) in [6.45, 7) is 2.22. The lowest BCUT2D eigenvalue weighted by molar-refractivity contribution is 0.249. The van der Waals surface area contributed by atoms with E-state index < -0.39 is 0 Å². The van der Waals surface area contributed by atoms with Gasteiger partial charge in [0.2, 0.25) is 0 Å². The summed E-state index contributed by atoms with van der Waals surface area (Å²) in [6.07, 6.45) is 4.74. The van der Waals surface area contributed by atoms with Gasteiger partial charge in [-0.05, 0) is 36.6 Å². The van der Waals surface area contributed by atoms with Crippen LogP contribution in [0.15, 0.2) is 60.8 Å². The number of hydrogen-bond acceptors (Lipinski definition) is 1. The van der Waals surface area contributed by atoms with E-state index >= 15 is 0 Å². The van der Waals surface area contributed by atoms with Crippen LogP contribution < -0.4 is 0 Å². The maximum atomic E-state index is 3.39. The van der Waals surface area contributed by atoms with Crippen LogP contribution in [0.2, 0.25) is 0 Å². The number of fused-ring (bicyclic) bond motifs is 1. The van der Waals surface area contributed by atoms with Gasteiger partial charge < -0.3 is 4.98 Å². The molecule has 1 aliphatic heterocycles. The summed E-state index contributed by atoms with van der Waals surface area (Å²) < 4.78 is 0. The third-order valence-corrected chi connectivity index (χ3v) is 4.60. The Morgan fingerprint density at radius 3 is 2.71 bits per heavy atom. The van der Waals surface area contributed by atoms with Crippen LogP contribution in [-0.2, 0) is 6.54 Å². The van der Waals surface area contributed by atoms with Crippen LogP contribution >= 0.6 is 0 Å². The molecule has 1 aliphatic rings. The minimum atomic E-state index is 0.569. The summed E-state index contributed by atoms with van der Waals surface area (Å²) in [7, 11) is 0. The molecule has 0 radical (unpaired) electrons.